The number of Topliss-reactive ketones (excluding diaryl/α,β-unsaturated/α-hetero) is 1. The number of aromatic nitrogens is 1. The largest absolute Gasteiger partial charge is 0.497 e. The lowest BCUT2D eigenvalue weighted by Crippen LogP contribution is -2.16. The number of ether oxygens (including phenoxy) is 2. The molecule has 33 heavy (non-hydrogen) atoms. The smallest absolute Gasteiger partial charge is 0.339 e. The monoisotopic (exact) mass is 503 g/mol. The third-order valence-corrected chi connectivity index (χ3v) is 5.92. The average molecular weight is 504 g/mol. The molecule has 3 aromatic carbocycles. The van der Waals surface area contributed by atoms with Crippen LogP contribution in [0.4, 0.5) is 0 Å². The zero-order chi connectivity index (χ0) is 23.5. The van der Waals surface area contributed by atoms with E-state index < -0.39 is 5.97 Å². The topological polar surface area (TPSA) is 65.5 Å². The molecule has 0 amide bonds. The number of benzene rings is 3. The maximum atomic E-state index is 13.3. The fourth-order valence-corrected chi connectivity index (χ4v) is 4.39. The van der Waals surface area contributed by atoms with Gasteiger partial charge in [-0.2, -0.15) is 0 Å². The molecule has 0 saturated heterocycles. The Bertz CT molecular complexity index is 1370. The van der Waals surface area contributed by atoms with Crippen molar-refractivity contribution in [3.63, 3.8) is 0 Å². The lowest BCUT2D eigenvalue weighted by atomic mass is 9.96. The van der Waals surface area contributed by atoms with Gasteiger partial charge in [-0.1, -0.05) is 58.4 Å². The van der Waals surface area contributed by atoms with E-state index in [1.807, 2.05) is 56.3 Å². The number of hydrogen-bond donors (Lipinski definition) is 0. The van der Waals surface area contributed by atoms with Gasteiger partial charge in [0.25, 0.3) is 0 Å². The minimum atomic E-state index is -0.564. The molecule has 0 atom stereocenters. The van der Waals surface area contributed by atoms with Crippen LogP contribution in [0.15, 0.2) is 71.2 Å². The molecule has 1 heterocycles. The number of hydrogen-bond acceptors (Lipinski definition) is 5. The zero-order valence-electron chi connectivity index (χ0n) is 18.5. The van der Waals surface area contributed by atoms with Gasteiger partial charge in [-0.05, 0) is 49.2 Å². The van der Waals surface area contributed by atoms with Gasteiger partial charge < -0.3 is 9.47 Å². The zero-order valence-corrected chi connectivity index (χ0v) is 20.1. The molecule has 4 aromatic rings. The first-order valence-corrected chi connectivity index (χ1v) is 11.2. The number of aryl methyl sites for hydroxylation is 1. The van der Waals surface area contributed by atoms with Gasteiger partial charge in [-0.25, -0.2) is 9.78 Å². The second-order valence-corrected chi connectivity index (χ2v) is 8.59. The van der Waals surface area contributed by atoms with Crippen LogP contribution < -0.4 is 4.74 Å². The molecule has 166 valence electrons. The van der Waals surface area contributed by atoms with Gasteiger partial charge in [-0.3, -0.25) is 4.79 Å². The molecule has 5 nitrogen and oxygen atoms in total. The summed E-state index contributed by atoms with van der Waals surface area (Å²) >= 11 is 3.52. The molecule has 0 fully saturated rings. The summed E-state index contributed by atoms with van der Waals surface area (Å²) in [4.78, 5) is 30.8. The van der Waals surface area contributed by atoms with Crippen molar-refractivity contribution in [2.24, 2.45) is 0 Å². The van der Waals surface area contributed by atoms with Crippen LogP contribution in [0.2, 0.25) is 0 Å². The van der Waals surface area contributed by atoms with Crippen LogP contribution in [0, 0.1) is 13.8 Å². The Morgan fingerprint density at radius 2 is 1.73 bits per heavy atom. The number of pyridine rings is 1. The third kappa shape index (κ3) is 4.66. The van der Waals surface area contributed by atoms with Gasteiger partial charge in [0.1, 0.15) is 5.75 Å². The summed E-state index contributed by atoms with van der Waals surface area (Å²) in [5, 5.41) is 0.679. The van der Waals surface area contributed by atoms with E-state index in [-0.39, 0.29) is 12.4 Å². The molecule has 0 aliphatic rings. The average Bonchev–Trinajstić information content (AvgIpc) is 2.82. The normalized spacial score (nSPS) is 10.8. The Morgan fingerprint density at radius 1 is 0.970 bits per heavy atom. The van der Waals surface area contributed by atoms with Crippen LogP contribution in [0.25, 0.3) is 22.2 Å². The highest BCUT2D eigenvalue weighted by Gasteiger charge is 2.22. The molecule has 0 N–H and O–H groups in total. The first-order valence-electron chi connectivity index (χ1n) is 10.4. The highest BCUT2D eigenvalue weighted by Crippen LogP contribution is 2.33. The van der Waals surface area contributed by atoms with Gasteiger partial charge in [0.15, 0.2) is 12.4 Å². The number of nitrogens with zero attached hydrogens (tertiary/aromatic N) is 1. The summed E-state index contributed by atoms with van der Waals surface area (Å²) in [5.74, 6) is -0.305. The third-order valence-electron chi connectivity index (χ3n) is 5.47. The Labute approximate surface area is 200 Å². The molecule has 0 aliphatic carbocycles. The van der Waals surface area contributed by atoms with E-state index in [2.05, 4.69) is 15.9 Å². The Balaban J connectivity index is 1.74. The summed E-state index contributed by atoms with van der Waals surface area (Å²) in [7, 11) is 1.53. The van der Waals surface area contributed by atoms with Crippen LogP contribution in [0.5, 0.6) is 5.75 Å². The molecule has 0 bridgehead atoms. The lowest BCUT2D eigenvalue weighted by Gasteiger charge is -2.16. The minimum Gasteiger partial charge on any atom is -0.497 e. The summed E-state index contributed by atoms with van der Waals surface area (Å²) in [6.07, 6.45) is 0. The Hall–Kier alpha value is -3.51. The second kappa shape index (κ2) is 9.55. The van der Waals surface area contributed by atoms with Crippen LogP contribution in [-0.2, 0) is 4.74 Å². The minimum absolute atomic E-state index is 0.307. The number of fused-ring (bicyclic) bond motifs is 1. The Morgan fingerprint density at radius 3 is 2.45 bits per heavy atom. The summed E-state index contributed by atoms with van der Waals surface area (Å²) < 4.78 is 11.5. The molecule has 0 aliphatic heterocycles. The molecule has 0 saturated carbocycles. The molecule has 1 aromatic heterocycles. The van der Waals surface area contributed by atoms with E-state index in [0.717, 1.165) is 15.6 Å². The van der Waals surface area contributed by atoms with Crippen molar-refractivity contribution in [2.45, 2.75) is 13.8 Å². The van der Waals surface area contributed by atoms with Crippen LogP contribution in [-0.4, -0.2) is 30.5 Å². The fraction of sp³-hybridized carbons (Fsp3) is 0.148. The molecule has 4 rings (SSSR count). The first-order chi connectivity index (χ1) is 15.9. The van der Waals surface area contributed by atoms with E-state index in [1.54, 1.807) is 24.3 Å². The summed E-state index contributed by atoms with van der Waals surface area (Å²) in [6, 6.07) is 20.3. The predicted molar refractivity (Wildman–Crippen MR) is 132 cm³/mol. The summed E-state index contributed by atoms with van der Waals surface area (Å²) in [6.45, 7) is 3.43. The van der Waals surface area contributed by atoms with Crippen molar-refractivity contribution >= 4 is 38.6 Å². The Kier molecular flexibility index (Phi) is 6.56. The lowest BCUT2D eigenvalue weighted by molar-refractivity contribution is 0.0476. The van der Waals surface area contributed by atoms with Crippen molar-refractivity contribution < 1.29 is 19.1 Å². The predicted octanol–water partition coefficient (Wildman–Crippen LogP) is 6.33. The van der Waals surface area contributed by atoms with Crippen molar-refractivity contribution in [1.29, 1.82) is 0 Å². The number of methoxy groups -OCH3 is 1. The quantitative estimate of drug-likeness (QED) is 0.227. The van der Waals surface area contributed by atoms with Gasteiger partial charge in [0, 0.05) is 21.0 Å². The van der Waals surface area contributed by atoms with E-state index in [1.165, 1.54) is 7.11 Å². The van der Waals surface area contributed by atoms with E-state index >= 15 is 0 Å². The van der Waals surface area contributed by atoms with Crippen molar-refractivity contribution in [3.8, 4) is 17.0 Å². The number of halogens is 1. The van der Waals surface area contributed by atoms with E-state index in [9.17, 15) is 9.59 Å². The van der Waals surface area contributed by atoms with E-state index in [4.69, 9.17) is 14.5 Å². The molecule has 6 heteroatoms. The number of esters is 1. The molecular formula is C27H22BrNO4. The van der Waals surface area contributed by atoms with E-state index in [0.29, 0.717) is 39.0 Å². The van der Waals surface area contributed by atoms with Gasteiger partial charge in [-0.15, -0.1) is 0 Å². The number of carbonyl (C=O) groups is 2. The van der Waals surface area contributed by atoms with Crippen molar-refractivity contribution in [3.05, 3.63) is 93.5 Å². The van der Waals surface area contributed by atoms with Crippen LogP contribution in [0.1, 0.15) is 31.8 Å². The van der Waals surface area contributed by atoms with Gasteiger partial charge in [0.2, 0.25) is 0 Å². The number of ketones is 1. The molecule has 0 unspecified atom stereocenters. The standard InChI is InChI=1S/C27H22BrNO4/c1-16-12-20(28)14-22-24(17(2)26(29-25(16)22)18-8-5-4-6-9-18)27(31)33-15-23(30)19-10-7-11-21(13-19)32-3/h4-14H,15H2,1-3H3. The number of carbonyl (C=O) groups excluding carboxylic acids is 2. The molecule has 0 spiro atoms. The highest BCUT2D eigenvalue weighted by atomic mass is 79.9. The second-order valence-electron chi connectivity index (χ2n) is 7.68. The maximum absolute atomic E-state index is 13.3. The first kappa shape index (κ1) is 22.7. The summed E-state index contributed by atoms with van der Waals surface area (Å²) in [5.41, 5.74) is 4.78. The van der Waals surface area contributed by atoms with Crippen molar-refractivity contribution in [2.75, 3.05) is 13.7 Å². The van der Waals surface area contributed by atoms with Crippen LogP contribution >= 0.6 is 15.9 Å². The maximum Gasteiger partial charge on any atom is 0.339 e. The molecule has 0 radical (unpaired) electrons. The van der Waals surface area contributed by atoms with Crippen LogP contribution in [0.3, 0.4) is 0 Å². The SMILES string of the molecule is COc1cccc(C(=O)COC(=O)c2c(C)c(-c3ccccc3)nc3c(C)cc(Br)cc23)c1. The van der Waals surface area contributed by atoms with Gasteiger partial charge in [0.05, 0.1) is 23.9 Å². The number of rotatable bonds is 6. The highest BCUT2D eigenvalue weighted by molar-refractivity contribution is 9.10. The fourth-order valence-electron chi connectivity index (χ4n) is 3.81. The van der Waals surface area contributed by atoms with Gasteiger partial charge >= 0.3 is 5.97 Å². The van der Waals surface area contributed by atoms with Crippen molar-refractivity contribution in [1.82, 2.24) is 4.98 Å². The molecular weight excluding hydrogens is 482 g/mol.